The first kappa shape index (κ1) is 12.6. The Hall–Kier alpha value is -0.870. The maximum Gasteiger partial charge on any atom is 0.225 e. The van der Waals surface area contributed by atoms with Crippen LogP contribution in [0.1, 0.15) is 30.7 Å². The third-order valence-corrected chi connectivity index (χ3v) is 4.27. The van der Waals surface area contributed by atoms with Crippen molar-refractivity contribution in [2.75, 3.05) is 5.32 Å². The van der Waals surface area contributed by atoms with Gasteiger partial charge in [-0.05, 0) is 44.4 Å². The minimum Gasteiger partial charge on any atom is -0.367 e. The Morgan fingerprint density at radius 3 is 2.71 bits per heavy atom. The zero-order valence-electron chi connectivity index (χ0n) is 10.5. The number of nitrogens with zero attached hydrogens (tertiary/aromatic N) is 2. The molecule has 1 N–H and O–H groups in total. The Balaban J connectivity index is 2.59. The molecule has 3 nitrogen and oxygen atoms in total. The number of fused-ring (bicyclic) bond motifs is 1. The second kappa shape index (κ2) is 4.78. The Labute approximate surface area is 110 Å². The predicted octanol–water partition coefficient (Wildman–Crippen LogP) is 4.17. The van der Waals surface area contributed by atoms with E-state index in [9.17, 15) is 0 Å². The van der Waals surface area contributed by atoms with Crippen molar-refractivity contribution in [2.24, 2.45) is 0 Å². The van der Waals surface area contributed by atoms with E-state index >= 15 is 0 Å². The van der Waals surface area contributed by atoms with Crippen molar-refractivity contribution in [1.82, 2.24) is 9.97 Å². The van der Waals surface area contributed by atoms with Crippen LogP contribution >= 0.6 is 22.9 Å². The van der Waals surface area contributed by atoms with Gasteiger partial charge in [0.25, 0.3) is 0 Å². The molecule has 17 heavy (non-hydrogen) atoms. The van der Waals surface area contributed by atoms with Gasteiger partial charge in [0.2, 0.25) is 5.28 Å². The number of halogens is 1. The van der Waals surface area contributed by atoms with Crippen LogP contribution in [0, 0.1) is 13.8 Å². The average Bonchev–Trinajstić information content (AvgIpc) is 2.54. The number of rotatable bonds is 3. The average molecular weight is 270 g/mol. The van der Waals surface area contributed by atoms with Crippen molar-refractivity contribution >= 4 is 39.0 Å². The summed E-state index contributed by atoms with van der Waals surface area (Å²) in [6.45, 7) is 8.48. The topological polar surface area (TPSA) is 37.8 Å². The molecule has 0 fully saturated rings. The lowest BCUT2D eigenvalue weighted by atomic mass is 10.2. The molecule has 0 amide bonds. The van der Waals surface area contributed by atoms with Crippen LogP contribution in [-0.2, 0) is 0 Å². The van der Waals surface area contributed by atoms with Crippen molar-refractivity contribution in [3.05, 3.63) is 15.7 Å². The number of hydrogen-bond acceptors (Lipinski definition) is 4. The summed E-state index contributed by atoms with van der Waals surface area (Å²) in [5.74, 6) is 0.858. The molecule has 0 saturated carbocycles. The number of hydrogen-bond donors (Lipinski definition) is 1. The van der Waals surface area contributed by atoms with E-state index in [1.165, 1.54) is 10.4 Å². The lowest BCUT2D eigenvalue weighted by Crippen LogP contribution is -2.15. The van der Waals surface area contributed by atoms with Gasteiger partial charge in [-0.3, -0.25) is 0 Å². The van der Waals surface area contributed by atoms with E-state index in [4.69, 9.17) is 11.6 Å². The molecule has 0 bridgehead atoms. The lowest BCUT2D eigenvalue weighted by Gasteiger charge is -2.13. The first-order valence-electron chi connectivity index (χ1n) is 5.72. The third-order valence-electron chi connectivity index (χ3n) is 3.00. The van der Waals surface area contributed by atoms with Crippen molar-refractivity contribution in [3.63, 3.8) is 0 Å². The van der Waals surface area contributed by atoms with Gasteiger partial charge in [0, 0.05) is 10.9 Å². The zero-order valence-corrected chi connectivity index (χ0v) is 12.0. The van der Waals surface area contributed by atoms with Crippen LogP contribution in [0.15, 0.2) is 0 Å². The first-order valence-corrected chi connectivity index (χ1v) is 6.92. The largest absolute Gasteiger partial charge is 0.367 e. The number of nitrogens with one attached hydrogen (secondary N) is 1. The zero-order chi connectivity index (χ0) is 12.6. The summed E-state index contributed by atoms with van der Waals surface area (Å²) in [6.07, 6.45) is 1.05. The van der Waals surface area contributed by atoms with Crippen LogP contribution in [0.25, 0.3) is 10.2 Å². The molecule has 0 aliphatic rings. The molecule has 0 aliphatic heterocycles. The minimum absolute atomic E-state index is 0.310. The summed E-state index contributed by atoms with van der Waals surface area (Å²) in [6, 6.07) is 0.378. The standard InChI is InChI=1S/C12H16ClN3S/c1-5-6(2)14-10-9-7(3)8(4)17-11(9)16-12(13)15-10/h6H,5H2,1-4H3,(H,14,15,16). The van der Waals surface area contributed by atoms with Gasteiger partial charge in [-0.25, -0.2) is 9.97 Å². The Bertz CT molecular complexity index is 550. The highest BCUT2D eigenvalue weighted by Crippen LogP contribution is 2.34. The molecule has 1 atom stereocenters. The summed E-state index contributed by atoms with van der Waals surface area (Å²) < 4.78 is 0. The summed E-state index contributed by atoms with van der Waals surface area (Å²) >= 11 is 7.62. The molecular weight excluding hydrogens is 254 g/mol. The van der Waals surface area contributed by atoms with Gasteiger partial charge in [-0.15, -0.1) is 11.3 Å². The highest BCUT2D eigenvalue weighted by atomic mass is 35.5. The van der Waals surface area contributed by atoms with Crippen molar-refractivity contribution in [1.29, 1.82) is 0 Å². The minimum atomic E-state index is 0.310. The molecule has 1 unspecified atom stereocenters. The summed E-state index contributed by atoms with van der Waals surface area (Å²) in [4.78, 5) is 10.8. The molecule has 0 aliphatic carbocycles. The van der Waals surface area contributed by atoms with Gasteiger partial charge < -0.3 is 5.32 Å². The van der Waals surface area contributed by atoms with E-state index in [-0.39, 0.29) is 0 Å². The van der Waals surface area contributed by atoms with Gasteiger partial charge in [-0.2, -0.15) is 0 Å². The molecule has 92 valence electrons. The van der Waals surface area contributed by atoms with E-state index in [1.54, 1.807) is 11.3 Å². The van der Waals surface area contributed by atoms with Crippen LogP contribution in [0.3, 0.4) is 0 Å². The Kier molecular flexibility index (Phi) is 3.54. The van der Waals surface area contributed by atoms with Gasteiger partial charge in [0.05, 0.1) is 5.39 Å². The molecule has 0 spiro atoms. The van der Waals surface area contributed by atoms with Gasteiger partial charge in [0.15, 0.2) is 0 Å². The van der Waals surface area contributed by atoms with Crippen LogP contribution in [0.4, 0.5) is 5.82 Å². The normalized spacial score (nSPS) is 13.0. The summed E-state index contributed by atoms with van der Waals surface area (Å²) in [5, 5.41) is 4.82. The highest BCUT2D eigenvalue weighted by Gasteiger charge is 2.14. The molecule has 2 heterocycles. The van der Waals surface area contributed by atoms with Gasteiger partial charge in [0.1, 0.15) is 10.6 Å². The lowest BCUT2D eigenvalue weighted by molar-refractivity contribution is 0.760. The smallest absolute Gasteiger partial charge is 0.225 e. The van der Waals surface area contributed by atoms with E-state index in [0.29, 0.717) is 11.3 Å². The fourth-order valence-electron chi connectivity index (χ4n) is 1.66. The predicted molar refractivity (Wildman–Crippen MR) is 75.3 cm³/mol. The second-order valence-corrected chi connectivity index (χ2v) is 5.80. The molecule has 2 rings (SSSR count). The molecule has 0 aromatic carbocycles. The second-order valence-electron chi connectivity index (χ2n) is 4.26. The van der Waals surface area contributed by atoms with Gasteiger partial charge in [-0.1, -0.05) is 6.92 Å². The Morgan fingerprint density at radius 2 is 2.06 bits per heavy atom. The third kappa shape index (κ3) is 2.38. The highest BCUT2D eigenvalue weighted by molar-refractivity contribution is 7.18. The fourth-order valence-corrected chi connectivity index (χ4v) is 2.91. The van der Waals surface area contributed by atoms with Crippen LogP contribution in [0.2, 0.25) is 5.28 Å². The van der Waals surface area contributed by atoms with Crippen LogP contribution in [-0.4, -0.2) is 16.0 Å². The first-order chi connectivity index (χ1) is 8.02. The molecule has 0 saturated heterocycles. The number of aryl methyl sites for hydroxylation is 2. The van der Waals surface area contributed by atoms with E-state index < -0.39 is 0 Å². The number of thiophene rings is 1. The number of aromatic nitrogens is 2. The number of anilines is 1. The summed E-state index contributed by atoms with van der Waals surface area (Å²) in [5.41, 5.74) is 1.24. The molecule has 2 aromatic heterocycles. The monoisotopic (exact) mass is 269 g/mol. The van der Waals surface area contributed by atoms with E-state index in [1.807, 2.05) is 0 Å². The summed E-state index contributed by atoms with van der Waals surface area (Å²) in [7, 11) is 0. The quantitative estimate of drug-likeness (QED) is 0.850. The maximum atomic E-state index is 5.96. The maximum absolute atomic E-state index is 5.96. The van der Waals surface area contributed by atoms with Crippen molar-refractivity contribution in [2.45, 2.75) is 40.2 Å². The van der Waals surface area contributed by atoms with E-state index in [0.717, 1.165) is 22.5 Å². The van der Waals surface area contributed by atoms with Gasteiger partial charge >= 0.3 is 0 Å². The SMILES string of the molecule is CCC(C)Nc1nc(Cl)nc2sc(C)c(C)c12. The fraction of sp³-hybridized carbons (Fsp3) is 0.500. The molecule has 5 heteroatoms. The Morgan fingerprint density at radius 1 is 1.35 bits per heavy atom. The van der Waals surface area contributed by atoms with Crippen molar-refractivity contribution in [3.8, 4) is 0 Å². The van der Waals surface area contributed by atoms with Crippen molar-refractivity contribution < 1.29 is 0 Å². The van der Waals surface area contributed by atoms with E-state index in [2.05, 4.69) is 43.0 Å². The molecule has 0 radical (unpaired) electrons. The molecular formula is C12H16ClN3S. The molecule has 2 aromatic rings. The van der Waals surface area contributed by atoms with Crippen LogP contribution in [0.5, 0.6) is 0 Å². The van der Waals surface area contributed by atoms with Crippen LogP contribution < -0.4 is 5.32 Å².